The summed E-state index contributed by atoms with van der Waals surface area (Å²) in [5.41, 5.74) is 7.89. The molecule has 0 spiro atoms. The van der Waals surface area contributed by atoms with Crippen molar-refractivity contribution in [2.75, 3.05) is 12.4 Å². The van der Waals surface area contributed by atoms with E-state index in [1.165, 1.54) is 22.4 Å². The summed E-state index contributed by atoms with van der Waals surface area (Å²) in [7, 11) is 0. The fourth-order valence-corrected chi connectivity index (χ4v) is 6.49. The van der Waals surface area contributed by atoms with Crippen molar-refractivity contribution in [3.8, 4) is 11.4 Å². The van der Waals surface area contributed by atoms with Gasteiger partial charge >= 0.3 is 0 Å². The number of aliphatic hydroxyl groups is 2. The molecular weight excluding hydrogens is 452 g/mol. The van der Waals surface area contributed by atoms with Crippen molar-refractivity contribution in [3.63, 3.8) is 0 Å². The van der Waals surface area contributed by atoms with Crippen molar-refractivity contribution in [3.05, 3.63) is 56.1 Å². The van der Waals surface area contributed by atoms with Gasteiger partial charge in [0.15, 0.2) is 6.29 Å². The van der Waals surface area contributed by atoms with Gasteiger partial charge in [0.1, 0.15) is 11.4 Å². The minimum absolute atomic E-state index is 0.133. The number of thioether (sulfide) groups is 1. The summed E-state index contributed by atoms with van der Waals surface area (Å²) in [4.78, 5) is 18.9. The van der Waals surface area contributed by atoms with Crippen LogP contribution < -0.4 is 11.3 Å². The summed E-state index contributed by atoms with van der Waals surface area (Å²) in [5.74, 6) is 0.207. The van der Waals surface area contributed by atoms with Crippen molar-refractivity contribution in [2.45, 2.75) is 49.3 Å². The molecule has 3 aliphatic rings. The van der Waals surface area contributed by atoms with Gasteiger partial charge in [-0.15, -0.1) is 11.8 Å². The Labute approximate surface area is 191 Å². The van der Waals surface area contributed by atoms with E-state index in [0.29, 0.717) is 28.2 Å². The highest BCUT2D eigenvalue weighted by Crippen LogP contribution is 2.47. The van der Waals surface area contributed by atoms with Crippen LogP contribution in [0.1, 0.15) is 40.3 Å². The van der Waals surface area contributed by atoms with Gasteiger partial charge in [0.2, 0.25) is 0 Å². The molecule has 0 amide bonds. The van der Waals surface area contributed by atoms with E-state index in [1.807, 2.05) is 0 Å². The molecule has 10 heteroatoms. The van der Waals surface area contributed by atoms with E-state index < -0.39 is 30.5 Å². The van der Waals surface area contributed by atoms with E-state index in [-0.39, 0.29) is 36.1 Å². The van der Waals surface area contributed by atoms with E-state index >= 15 is 0 Å². The van der Waals surface area contributed by atoms with Gasteiger partial charge in [0, 0.05) is 51.3 Å². The fourth-order valence-electron chi connectivity index (χ4n) is 5.31. The largest absolute Gasteiger partial charge is 0.380 e. The van der Waals surface area contributed by atoms with Gasteiger partial charge in [-0.1, -0.05) is 0 Å². The zero-order valence-electron chi connectivity index (χ0n) is 17.7. The topological polar surface area (TPSA) is 111 Å². The molecule has 0 aliphatic carbocycles. The lowest BCUT2D eigenvalue weighted by Crippen LogP contribution is -2.48. The van der Waals surface area contributed by atoms with Gasteiger partial charge < -0.3 is 25.3 Å². The summed E-state index contributed by atoms with van der Waals surface area (Å²) in [6, 6.07) is 2.64. The molecule has 5 heterocycles. The summed E-state index contributed by atoms with van der Waals surface area (Å²) in [6.07, 6.45) is -2.09. The molecule has 33 heavy (non-hydrogen) atoms. The Kier molecular flexibility index (Phi) is 4.54. The predicted octanol–water partition coefficient (Wildman–Crippen LogP) is 2.37. The second-order valence-corrected chi connectivity index (χ2v) is 9.85. The number of aliphatic hydroxyl groups excluding tert-OH is 1. The van der Waals surface area contributed by atoms with E-state index in [4.69, 9.17) is 15.5 Å². The third-order valence-corrected chi connectivity index (χ3v) is 8.36. The summed E-state index contributed by atoms with van der Waals surface area (Å²) >= 11 is 1.50. The molecule has 0 fully saturated rings. The molecule has 2 aromatic heterocycles. The van der Waals surface area contributed by atoms with E-state index in [9.17, 15) is 23.8 Å². The average Bonchev–Trinajstić information content (AvgIpc) is 3.15. The second-order valence-electron chi connectivity index (χ2n) is 8.82. The first kappa shape index (κ1) is 21.2. The molecule has 4 N–H and O–H groups in total. The van der Waals surface area contributed by atoms with Crippen LogP contribution in [0.25, 0.3) is 22.3 Å². The van der Waals surface area contributed by atoms with Crippen molar-refractivity contribution >= 4 is 22.7 Å². The number of halogens is 2. The van der Waals surface area contributed by atoms with Gasteiger partial charge in [-0.2, -0.15) is 0 Å². The normalized spacial score (nSPS) is 25.2. The van der Waals surface area contributed by atoms with Crippen molar-refractivity contribution in [1.29, 1.82) is 0 Å². The second kappa shape index (κ2) is 7.07. The molecule has 172 valence electrons. The Bertz CT molecular complexity index is 1430. The minimum atomic E-state index is -2.06. The van der Waals surface area contributed by atoms with Crippen molar-refractivity contribution in [1.82, 2.24) is 9.55 Å². The maximum Gasteiger partial charge on any atom is 0.257 e. The molecule has 3 aromatic rings. The third kappa shape index (κ3) is 2.69. The molecule has 7 nitrogen and oxygen atoms in total. The van der Waals surface area contributed by atoms with Gasteiger partial charge in [-0.05, 0) is 24.1 Å². The molecule has 3 atom stereocenters. The molecule has 1 aromatic carbocycles. The van der Waals surface area contributed by atoms with Crippen molar-refractivity contribution in [2.24, 2.45) is 5.73 Å². The Morgan fingerprint density at radius 1 is 1.39 bits per heavy atom. The highest BCUT2D eigenvalue weighted by molar-refractivity contribution is 7.99. The highest BCUT2D eigenvalue weighted by atomic mass is 32.2. The number of nitrogens with zero attached hydrogens (tertiary/aromatic N) is 2. The summed E-state index contributed by atoms with van der Waals surface area (Å²) < 4.78 is 34.7. The first-order valence-corrected chi connectivity index (χ1v) is 11.6. The van der Waals surface area contributed by atoms with Gasteiger partial charge in [-0.3, -0.25) is 9.18 Å². The number of pyridine rings is 2. The van der Waals surface area contributed by atoms with Crippen LogP contribution in [0.4, 0.5) is 8.78 Å². The lowest BCUT2D eigenvalue weighted by atomic mass is 9.85. The number of aromatic nitrogens is 2. The summed E-state index contributed by atoms with van der Waals surface area (Å²) in [5, 5.41) is 22.2. The third-order valence-electron chi connectivity index (χ3n) is 7.03. The van der Waals surface area contributed by atoms with Crippen LogP contribution in [0.2, 0.25) is 0 Å². The molecule has 6 rings (SSSR count). The predicted molar refractivity (Wildman–Crippen MR) is 118 cm³/mol. The van der Waals surface area contributed by atoms with Gasteiger partial charge in [-0.25, -0.2) is 9.37 Å². The molecule has 0 saturated carbocycles. The first-order chi connectivity index (χ1) is 15.8. The molecule has 0 bridgehead atoms. The molecule has 1 unspecified atom stereocenters. The standard InChI is InChI=1S/C23H21F2N3O4S/c1-9-13(25)5-15-18-17(14(26)8-33-20(9)18)10-6-28-16(19(10)27-15)4-12-11(21(28)29)7-32-22(30)23(12,31)2-3-24/h4-5,14,22,30-31H,2-3,6-8,26H2,1H3/t14-,22?,23-/m0/s1. The monoisotopic (exact) mass is 473 g/mol. The highest BCUT2D eigenvalue weighted by Gasteiger charge is 2.46. The Hall–Kier alpha value is -2.37. The van der Waals surface area contributed by atoms with E-state index in [1.54, 1.807) is 13.0 Å². The minimum Gasteiger partial charge on any atom is -0.380 e. The van der Waals surface area contributed by atoms with Gasteiger partial charge in [0.25, 0.3) is 5.56 Å². The quantitative estimate of drug-likeness (QED) is 0.410. The average molecular weight is 474 g/mol. The first-order valence-electron chi connectivity index (χ1n) is 10.7. The number of rotatable bonds is 2. The maximum atomic E-state index is 14.7. The number of alkyl halides is 1. The molecule has 0 radical (unpaired) electrons. The van der Waals surface area contributed by atoms with Crippen LogP contribution in [0.15, 0.2) is 21.8 Å². The van der Waals surface area contributed by atoms with Crippen LogP contribution in [-0.4, -0.2) is 38.5 Å². The number of fused-ring (bicyclic) bond motifs is 5. The lowest BCUT2D eigenvalue weighted by Gasteiger charge is -2.37. The smallest absolute Gasteiger partial charge is 0.257 e. The summed E-state index contributed by atoms with van der Waals surface area (Å²) in [6.45, 7) is 0.850. The lowest BCUT2D eigenvalue weighted by molar-refractivity contribution is -0.238. The Morgan fingerprint density at radius 2 is 2.18 bits per heavy atom. The fraction of sp³-hybridized carbons (Fsp3) is 0.391. The number of ether oxygens (including phenoxy) is 1. The van der Waals surface area contributed by atoms with E-state index in [0.717, 1.165) is 21.4 Å². The van der Waals surface area contributed by atoms with Crippen LogP contribution in [0.5, 0.6) is 0 Å². The zero-order chi connectivity index (χ0) is 23.2. The number of benzene rings is 1. The SMILES string of the molecule is Cc1c(F)cc2nc3c(c4c2c1SC[C@@H]4N)Cn1c-3cc2c(c1=O)COC(O)[C@]2(O)CCF. The molecule has 0 saturated heterocycles. The molecule has 3 aliphatic heterocycles. The van der Waals surface area contributed by atoms with Crippen LogP contribution in [-0.2, 0) is 23.5 Å². The Morgan fingerprint density at radius 3 is 2.94 bits per heavy atom. The van der Waals surface area contributed by atoms with Crippen molar-refractivity contribution < 1.29 is 23.7 Å². The van der Waals surface area contributed by atoms with Crippen LogP contribution >= 0.6 is 11.8 Å². The zero-order valence-corrected chi connectivity index (χ0v) is 18.5. The number of hydrogen-bond acceptors (Lipinski definition) is 7. The van der Waals surface area contributed by atoms with Crippen LogP contribution in [0, 0.1) is 12.7 Å². The number of hydrogen-bond donors (Lipinski definition) is 3. The molecular formula is C23H21F2N3O4S. The Balaban J connectivity index is 1.67. The van der Waals surface area contributed by atoms with Crippen LogP contribution in [0.3, 0.4) is 0 Å². The maximum absolute atomic E-state index is 14.7. The van der Waals surface area contributed by atoms with Gasteiger partial charge in [0.05, 0.1) is 36.7 Å². The number of nitrogens with two attached hydrogens (primary N) is 1. The van der Waals surface area contributed by atoms with E-state index in [2.05, 4.69) is 0 Å².